The van der Waals surface area contributed by atoms with Gasteiger partial charge in [0.2, 0.25) is 0 Å². The molecule has 0 spiro atoms. The van der Waals surface area contributed by atoms with Gasteiger partial charge in [0.1, 0.15) is 5.15 Å². The Hall–Kier alpha value is -0.540. The number of halogens is 2. The molecule has 0 atom stereocenters. The Morgan fingerprint density at radius 3 is 2.92 bits per heavy atom. The van der Waals surface area contributed by atoms with Crippen LogP contribution >= 0.6 is 27.5 Å². The molecule has 0 amide bonds. The highest BCUT2D eigenvalue weighted by molar-refractivity contribution is 9.10. The Balaban J connectivity index is 2.98. The summed E-state index contributed by atoms with van der Waals surface area (Å²) in [5.41, 5.74) is 2.19. The molecular weight excluding hydrogens is 239 g/mol. The molecular formula is C8H6BrClN2. The Kier molecular flexibility index (Phi) is 1.85. The van der Waals surface area contributed by atoms with Crippen LogP contribution in [0.4, 0.5) is 0 Å². The molecule has 2 aromatic rings. The summed E-state index contributed by atoms with van der Waals surface area (Å²) in [7, 11) is 0. The zero-order valence-corrected chi connectivity index (χ0v) is 8.72. The van der Waals surface area contributed by atoms with Crippen molar-refractivity contribution in [2.45, 2.75) is 6.92 Å². The molecule has 0 unspecified atom stereocenters. The third-order valence-electron chi connectivity index (χ3n) is 1.77. The maximum atomic E-state index is 5.92. The average Bonchev–Trinajstić information content (AvgIpc) is 2.42. The van der Waals surface area contributed by atoms with Gasteiger partial charge in [-0.2, -0.15) is 5.10 Å². The monoisotopic (exact) mass is 244 g/mol. The lowest BCUT2D eigenvalue weighted by Crippen LogP contribution is -1.90. The zero-order chi connectivity index (χ0) is 8.72. The number of fused-ring (bicyclic) bond motifs is 1. The Bertz CT molecular complexity index is 436. The SMILES string of the molecule is Cc1ccc(Cl)n2ncc(Br)c12. The molecule has 12 heavy (non-hydrogen) atoms. The van der Waals surface area contributed by atoms with E-state index < -0.39 is 0 Å². The highest BCUT2D eigenvalue weighted by Crippen LogP contribution is 2.23. The fraction of sp³-hybridized carbons (Fsp3) is 0.125. The van der Waals surface area contributed by atoms with E-state index in [0.29, 0.717) is 5.15 Å². The average molecular weight is 246 g/mol. The van der Waals surface area contributed by atoms with E-state index in [4.69, 9.17) is 11.6 Å². The van der Waals surface area contributed by atoms with Crippen molar-refractivity contribution in [3.63, 3.8) is 0 Å². The first-order chi connectivity index (χ1) is 5.70. The van der Waals surface area contributed by atoms with Gasteiger partial charge in [-0.3, -0.25) is 0 Å². The minimum Gasteiger partial charge on any atom is -0.221 e. The van der Waals surface area contributed by atoms with Gasteiger partial charge in [0.25, 0.3) is 0 Å². The lowest BCUT2D eigenvalue weighted by molar-refractivity contribution is 0.957. The van der Waals surface area contributed by atoms with Crippen molar-refractivity contribution in [2.24, 2.45) is 0 Å². The topological polar surface area (TPSA) is 17.3 Å². The first-order valence-electron chi connectivity index (χ1n) is 3.48. The summed E-state index contributed by atoms with van der Waals surface area (Å²) in [6, 6.07) is 3.81. The molecule has 0 radical (unpaired) electrons. The number of aryl methyl sites for hydroxylation is 1. The van der Waals surface area contributed by atoms with E-state index in [1.807, 2.05) is 19.1 Å². The van der Waals surface area contributed by atoms with Crippen molar-refractivity contribution in [3.8, 4) is 0 Å². The largest absolute Gasteiger partial charge is 0.221 e. The smallest absolute Gasteiger partial charge is 0.131 e. The van der Waals surface area contributed by atoms with Gasteiger partial charge in [0.15, 0.2) is 0 Å². The van der Waals surface area contributed by atoms with E-state index in [-0.39, 0.29) is 0 Å². The van der Waals surface area contributed by atoms with Crippen LogP contribution in [-0.4, -0.2) is 9.61 Å². The highest BCUT2D eigenvalue weighted by Gasteiger charge is 2.05. The summed E-state index contributed by atoms with van der Waals surface area (Å²) in [5.74, 6) is 0. The van der Waals surface area contributed by atoms with Crippen molar-refractivity contribution >= 4 is 33.0 Å². The number of nitrogens with zero attached hydrogens (tertiary/aromatic N) is 2. The van der Waals surface area contributed by atoms with E-state index in [1.54, 1.807) is 10.7 Å². The lowest BCUT2D eigenvalue weighted by Gasteiger charge is -1.99. The Labute approximate surface area is 83.3 Å². The molecule has 2 aromatic heterocycles. The minimum atomic E-state index is 0.626. The molecule has 4 heteroatoms. The van der Waals surface area contributed by atoms with Crippen molar-refractivity contribution in [2.75, 3.05) is 0 Å². The van der Waals surface area contributed by atoms with E-state index >= 15 is 0 Å². The van der Waals surface area contributed by atoms with Crippen molar-refractivity contribution < 1.29 is 0 Å². The number of hydrogen-bond acceptors (Lipinski definition) is 1. The van der Waals surface area contributed by atoms with Gasteiger partial charge < -0.3 is 0 Å². The van der Waals surface area contributed by atoms with Gasteiger partial charge in [-0.1, -0.05) is 17.7 Å². The van der Waals surface area contributed by atoms with E-state index in [1.165, 1.54) is 0 Å². The second kappa shape index (κ2) is 2.75. The van der Waals surface area contributed by atoms with Gasteiger partial charge in [0, 0.05) is 0 Å². The maximum Gasteiger partial charge on any atom is 0.131 e. The Morgan fingerprint density at radius 2 is 2.25 bits per heavy atom. The molecule has 62 valence electrons. The molecule has 2 heterocycles. The normalized spacial score (nSPS) is 10.9. The predicted molar refractivity (Wildman–Crippen MR) is 52.6 cm³/mol. The molecule has 0 N–H and O–H groups in total. The summed E-state index contributed by atoms with van der Waals surface area (Å²) in [6.07, 6.45) is 1.74. The quantitative estimate of drug-likeness (QED) is 0.652. The minimum absolute atomic E-state index is 0.626. The van der Waals surface area contributed by atoms with Crippen LogP contribution in [0.15, 0.2) is 22.8 Å². The molecule has 0 aliphatic heterocycles. The van der Waals surface area contributed by atoms with Crippen LogP contribution in [0, 0.1) is 6.92 Å². The highest BCUT2D eigenvalue weighted by atomic mass is 79.9. The van der Waals surface area contributed by atoms with Crippen LogP contribution in [0.25, 0.3) is 5.52 Å². The number of aromatic nitrogens is 2. The molecule has 0 aliphatic rings. The summed E-state index contributed by atoms with van der Waals surface area (Å²) >= 11 is 9.33. The summed E-state index contributed by atoms with van der Waals surface area (Å²) in [4.78, 5) is 0. The summed E-state index contributed by atoms with van der Waals surface area (Å²) < 4.78 is 2.68. The standard InChI is InChI=1S/C8H6BrClN2/c1-5-2-3-7(10)12-8(5)6(9)4-11-12/h2-4H,1H3. The van der Waals surface area contributed by atoms with Gasteiger partial charge in [0.05, 0.1) is 16.2 Å². The second-order valence-electron chi connectivity index (χ2n) is 2.59. The van der Waals surface area contributed by atoms with Gasteiger partial charge >= 0.3 is 0 Å². The van der Waals surface area contributed by atoms with Gasteiger partial charge in [-0.25, -0.2) is 4.52 Å². The van der Waals surface area contributed by atoms with Crippen molar-refractivity contribution in [3.05, 3.63) is 33.5 Å². The first kappa shape index (κ1) is 8.08. The third kappa shape index (κ3) is 1.04. The lowest BCUT2D eigenvalue weighted by atomic mass is 10.2. The molecule has 0 saturated heterocycles. The fourth-order valence-electron chi connectivity index (χ4n) is 1.19. The third-order valence-corrected chi connectivity index (χ3v) is 2.64. The molecule has 2 rings (SSSR count). The molecule has 2 nitrogen and oxygen atoms in total. The Morgan fingerprint density at radius 1 is 1.50 bits per heavy atom. The molecule has 0 aromatic carbocycles. The maximum absolute atomic E-state index is 5.92. The summed E-state index contributed by atoms with van der Waals surface area (Å²) in [6.45, 7) is 2.03. The first-order valence-corrected chi connectivity index (χ1v) is 4.65. The second-order valence-corrected chi connectivity index (χ2v) is 3.83. The number of pyridine rings is 1. The van der Waals surface area contributed by atoms with Crippen molar-refractivity contribution in [1.82, 2.24) is 9.61 Å². The van der Waals surface area contributed by atoms with E-state index in [2.05, 4.69) is 21.0 Å². The van der Waals surface area contributed by atoms with Crippen molar-refractivity contribution in [1.29, 1.82) is 0 Å². The molecule has 0 saturated carbocycles. The van der Waals surface area contributed by atoms with Crippen LogP contribution in [0.1, 0.15) is 5.56 Å². The van der Waals surface area contributed by atoms with Crippen LogP contribution < -0.4 is 0 Å². The van der Waals surface area contributed by atoms with Gasteiger partial charge in [-0.05, 0) is 34.5 Å². The number of hydrogen-bond donors (Lipinski definition) is 0. The van der Waals surface area contributed by atoms with Crippen LogP contribution in [0.3, 0.4) is 0 Å². The van der Waals surface area contributed by atoms with Crippen LogP contribution in [-0.2, 0) is 0 Å². The van der Waals surface area contributed by atoms with E-state index in [9.17, 15) is 0 Å². The van der Waals surface area contributed by atoms with Crippen LogP contribution in [0.2, 0.25) is 5.15 Å². The van der Waals surface area contributed by atoms with Gasteiger partial charge in [-0.15, -0.1) is 0 Å². The number of rotatable bonds is 0. The fourth-order valence-corrected chi connectivity index (χ4v) is 1.95. The summed E-state index contributed by atoms with van der Waals surface area (Å²) in [5, 5.41) is 4.74. The van der Waals surface area contributed by atoms with E-state index in [0.717, 1.165) is 15.6 Å². The molecule has 0 aliphatic carbocycles. The zero-order valence-electron chi connectivity index (χ0n) is 6.38. The molecule has 0 bridgehead atoms. The molecule has 0 fully saturated rings. The predicted octanol–water partition coefficient (Wildman–Crippen LogP) is 3.06. The van der Waals surface area contributed by atoms with Crippen LogP contribution in [0.5, 0.6) is 0 Å².